The van der Waals surface area contributed by atoms with Crippen LogP contribution in [0.4, 0.5) is 0 Å². The number of hydrogen-bond donors (Lipinski definition) is 3. The normalized spacial score (nSPS) is 14.2. The van der Waals surface area contributed by atoms with Gasteiger partial charge in [-0.2, -0.15) is 0 Å². The quantitative estimate of drug-likeness (QED) is 0.123. The van der Waals surface area contributed by atoms with Crippen molar-refractivity contribution in [2.75, 3.05) is 40.0 Å². The summed E-state index contributed by atoms with van der Waals surface area (Å²) in [7, 11) is 1.63. The molecule has 3 aromatic carbocycles. The third-order valence-corrected chi connectivity index (χ3v) is 7.76. The Balaban J connectivity index is 0.000000385. The average molecular weight is 592 g/mol. The van der Waals surface area contributed by atoms with Gasteiger partial charge in [0, 0.05) is 34.7 Å². The second-order valence-corrected chi connectivity index (χ2v) is 11.0. The van der Waals surface area contributed by atoms with Gasteiger partial charge < -0.3 is 29.8 Å². The SMILES string of the molecule is COc1ccc(Cl)cc1.Cc1ccc2[nH]c3c(c2c1)CCN(C=O)C3c1ccc(OCCCCCCNCCO)cc1. The second-order valence-electron chi connectivity index (χ2n) is 10.5. The van der Waals surface area contributed by atoms with Gasteiger partial charge in [0.05, 0.1) is 26.4 Å². The number of methoxy groups -OCH3 is 1. The summed E-state index contributed by atoms with van der Waals surface area (Å²) in [6, 6.07) is 21.8. The molecule has 0 aliphatic carbocycles. The molecule has 0 saturated carbocycles. The maximum atomic E-state index is 11.9. The number of nitrogens with one attached hydrogen (secondary N) is 2. The third kappa shape index (κ3) is 8.51. The van der Waals surface area contributed by atoms with Crippen molar-refractivity contribution in [1.82, 2.24) is 15.2 Å². The smallest absolute Gasteiger partial charge is 0.210 e. The van der Waals surface area contributed by atoms with Crippen LogP contribution in [-0.4, -0.2) is 61.4 Å². The number of aliphatic hydroxyl groups excluding tert-OH is 1. The van der Waals surface area contributed by atoms with Crippen LogP contribution in [0.15, 0.2) is 66.7 Å². The van der Waals surface area contributed by atoms with E-state index in [9.17, 15) is 4.79 Å². The van der Waals surface area contributed by atoms with Crippen molar-refractivity contribution >= 4 is 28.9 Å². The van der Waals surface area contributed by atoms with Crippen LogP contribution in [0, 0.1) is 6.92 Å². The summed E-state index contributed by atoms with van der Waals surface area (Å²) in [6.07, 6.45) is 6.29. The lowest BCUT2D eigenvalue weighted by atomic mass is 9.92. The number of benzene rings is 3. The van der Waals surface area contributed by atoms with Crippen molar-refractivity contribution in [3.8, 4) is 11.5 Å². The Morgan fingerprint density at radius 1 is 1.00 bits per heavy atom. The number of ether oxygens (including phenoxy) is 2. The molecule has 1 aliphatic heterocycles. The van der Waals surface area contributed by atoms with E-state index in [1.54, 1.807) is 19.2 Å². The summed E-state index contributed by atoms with van der Waals surface area (Å²) in [6.45, 7) is 5.37. The lowest BCUT2D eigenvalue weighted by molar-refractivity contribution is -0.120. The molecule has 0 radical (unpaired) electrons. The number of aliphatic hydroxyl groups is 1. The summed E-state index contributed by atoms with van der Waals surface area (Å²) in [5.41, 5.74) is 5.92. The number of rotatable bonds is 13. The monoisotopic (exact) mass is 591 g/mol. The molecule has 42 heavy (non-hydrogen) atoms. The van der Waals surface area contributed by atoms with Gasteiger partial charge in [0.15, 0.2) is 0 Å². The number of aromatic amines is 1. The van der Waals surface area contributed by atoms with Crippen molar-refractivity contribution in [2.24, 2.45) is 0 Å². The Morgan fingerprint density at radius 2 is 1.74 bits per heavy atom. The van der Waals surface area contributed by atoms with Gasteiger partial charge in [0.2, 0.25) is 6.41 Å². The van der Waals surface area contributed by atoms with Gasteiger partial charge in [-0.05, 0) is 92.4 Å². The van der Waals surface area contributed by atoms with Crippen molar-refractivity contribution in [3.05, 3.63) is 94.1 Å². The van der Waals surface area contributed by atoms with Crippen LogP contribution in [0.2, 0.25) is 5.02 Å². The molecule has 1 unspecified atom stereocenters. The van der Waals surface area contributed by atoms with Gasteiger partial charge in [0.1, 0.15) is 11.5 Å². The zero-order chi connectivity index (χ0) is 29.7. The fourth-order valence-electron chi connectivity index (χ4n) is 5.31. The molecular formula is C34H42ClN3O4. The fourth-order valence-corrected chi connectivity index (χ4v) is 5.44. The highest BCUT2D eigenvalue weighted by Crippen LogP contribution is 2.38. The number of amides is 1. The van der Waals surface area contributed by atoms with Crippen LogP contribution >= 0.6 is 11.6 Å². The number of halogens is 1. The molecule has 7 nitrogen and oxygen atoms in total. The van der Waals surface area contributed by atoms with Gasteiger partial charge in [0.25, 0.3) is 0 Å². The molecule has 5 rings (SSSR count). The van der Waals surface area contributed by atoms with Crippen molar-refractivity contribution < 1.29 is 19.4 Å². The predicted molar refractivity (Wildman–Crippen MR) is 170 cm³/mol. The summed E-state index contributed by atoms with van der Waals surface area (Å²) < 4.78 is 10.8. The highest BCUT2D eigenvalue weighted by Gasteiger charge is 2.30. The summed E-state index contributed by atoms with van der Waals surface area (Å²) >= 11 is 5.61. The highest BCUT2D eigenvalue weighted by molar-refractivity contribution is 6.30. The minimum absolute atomic E-state index is 0.104. The molecule has 4 aromatic rings. The first-order valence-corrected chi connectivity index (χ1v) is 15.1. The van der Waals surface area contributed by atoms with Gasteiger partial charge in [-0.1, -0.05) is 48.2 Å². The minimum atomic E-state index is -0.104. The van der Waals surface area contributed by atoms with Gasteiger partial charge in [-0.3, -0.25) is 4.79 Å². The van der Waals surface area contributed by atoms with E-state index in [1.807, 2.05) is 29.2 Å². The van der Waals surface area contributed by atoms with E-state index in [-0.39, 0.29) is 12.6 Å². The largest absolute Gasteiger partial charge is 0.497 e. The highest BCUT2D eigenvalue weighted by atomic mass is 35.5. The lowest BCUT2D eigenvalue weighted by Gasteiger charge is -2.33. The first-order valence-electron chi connectivity index (χ1n) is 14.7. The molecule has 1 aromatic heterocycles. The summed E-state index contributed by atoms with van der Waals surface area (Å²) in [5, 5.41) is 13.9. The van der Waals surface area contributed by atoms with Crippen LogP contribution in [0.5, 0.6) is 11.5 Å². The third-order valence-electron chi connectivity index (χ3n) is 7.51. The first kappa shape index (κ1) is 31.4. The number of aryl methyl sites for hydroxylation is 1. The summed E-state index contributed by atoms with van der Waals surface area (Å²) in [4.78, 5) is 17.3. The van der Waals surface area contributed by atoms with E-state index in [0.717, 1.165) is 84.9 Å². The summed E-state index contributed by atoms with van der Waals surface area (Å²) in [5.74, 6) is 1.70. The van der Waals surface area contributed by atoms with Gasteiger partial charge in [-0.25, -0.2) is 0 Å². The number of carbonyl (C=O) groups is 1. The Kier molecular flexibility index (Phi) is 12.1. The number of carbonyl (C=O) groups excluding carboxylic acids is 1. The Hall–Kier alpha value is -3.52. The van der Waals surface area contributed by atoms with Crippen molar-refractivity contribution in [3.63, 3.8) is 0 Å². The first-order chi connectivity index (χ1) is 20.5. The maximum Gasteiger partial charge on any atom is 0.210 e. The minimum Gasteiger partial charge on any atom is -0.497 e. The van der Waals surface area contributed by atoms with E-state index in [2.05, 4.69) is 47.6 Å². The second kappa shape index (κ2) is 16.2. The van der Waals surface area contributed by atoms with Crippen LogP contribution in [0.3, 0.4) is 0 Å². The fraction of sp³-hybridized carbons (Fsp3) is 0.382. The van der Waals surface area contributed by atoms with Crippen LogP contribution in [-0.2, 0) is 11.2 Å². The number of hydrogen-bond acceptors (Lipinski definition) is 5. The molecule has 0 saturated heterocycles. The standard InChI is InChI=1S/C27H35N3O3.C7H7ClO/c1-20-6-11-25-24(18-20)23-12-15-30(19-32)27(26(23)29-25)21-7-9-22(10-8-21)33-17-5-3-2-4-13-28-14-16-31;1-9-7-4-2-6(8)3-5-7/h6-11,18-19,27-29,31H,2-5,12-17H2,1H3;2-5H,1H3. The van der Waals surface area contributed by atoms with Crippen LogP contribution in [0.25, 0.3) is 10.9 Å². The zero-order valence-corrected chi connectivity index (χ0v) is 25.3. The Bertz CT molecular complexity index is 1390. The number of aromatic nitrogens is 1. The van der Waals surface area contributed by atoms with Gasteiger partial charge in [-0.15, -0.1) is 0 Å². The topological polar surface area (TPSA) is 86.8 Å². The van der Waals surface area contributed by atoms with E-state index in [4.69, 9.17) is 26.2 Å². The zero-order valence-electron chi connectivity index (χ0n) is 24.6. The molecule has 8 heteroatoms. The molecule has 0 fully saturated rings. The van der Waals surface area contributed by atoms with Crippen molar-refractivity contribution in [2.45, 2.75) is 45.1 Å². The molecule has 2 heterocycles. The van der Waals surface area contributed by atoms with E-state index < -0.39 is 0 Å². The molecule has 0 spiro atoms. The van der Waals surface area contributed by atoms with Gasteiger partial charge >= 0.3 is 0 Å². The molecule has 1 aliphatic rings. The van der Waals surface area contributed by atoms with Crippen LogP contribution in [0.1, 0.15) is 54.1 Å². The van der Waals surface area contributed by atoms with E-state index in [1.165, 1.54) is 16.5 Å². The van der Waals surface area contributed by atoms with Crippen LogP contribution < -0.4 is 14.8 Å². The number of unbranched alkanes of at least 4 members (excludes halogenated alkanes) is 3. The number of H-pyrrole nitrogens is 1. The molecule has 3 N–H and O–H groups in total. The lowest BCUT2D eigenvalue weighted by Crippen LogP contribution is -2.34. The molecular weight excluding hydrogens is 550 g/mol. The molecule has 0 bridgehead atoms. The average Bonchev–Trinajstić information content (AvgIpc) is 3.38. The van der Waals surface area contributed by atoms with E-state index in [0.29, 0.717) is 13.2 Å². The molecule has 1 amide bonds. The number of nitrogens with zero attached hydrogens (tertiary/aromatic N) is 1. The number of fused-ring (bicyclic) bond motifs is 3. The van der Waals surface area contributed by atoms with Crippen molar-refractivity contribution in [1.29, 1.82) is 0 Å². The maximum absolute atomic E-state index is 11.9. The Labute approximate surface area is 253 Å². The van der Waals surface area contributed by atoms with E-state index >= 15 is 0 Å². The Morgan fingerprint density at radius 3 is 2.45 bits per heavy atom. The molecule has 224 valence electrons. The molecule has 1 atom stereocenters. The predicted octanol–water partition coefficient (Wildman–Crippen LogP) is 6.45.